The Morgan fingerprint density at radius 1 is 1.34 bits per heavy atom. The Labute approximate surface area is 172 Å². The minimum atomic E-state index is -0.512. The number of carbonyl (C=O) groups excluding carboxylic acids is 1. The van der Waals surface area contributed by atoms with Crippen LogP contribution in [-0.2, 0) is 4.74 Å². The normalized spacial score (nSPS) is 19.2. The number of benzene rings is 1. The Balaban J connectivity index is 1.76. The molecule has 5 N–H and O–H groups in total. The molecule has 1 aliphatic rings. The lowest BCUT2D eigenvalue weighted by Gasteiger charge is -2.22. The van der Waals surface area contributed by atoms with Gasteiger partial charge in [0.05, 0.1) is 36.1 Å². The molecule has 2 atom stereocenters. The molecule has 8 nitrogen and oxygen atoms in total. The number of H-pyrrole nitrogens is 1. The summed E-state index contributed by atoms with van der Waals surface area (Å²) in [5, 5.41) is 8.42. The van der Waals surface area contributed by atoms with Gasteiger partial charge in [0.1, 0.15) is 5.82 Å². The Hall–Kier alpha value is -2.91. The highest BCUT2D eigenvalue weighted by atomic mass is 32.1. The van der Waals surface area contributed by atoms with Crippen molar-refractivity contribution in [2.24, 2.45) is 5.73 Å². The molecule has 9 heteroatoms. The lowest BCUT2D eigenvalue weighted by Crippen LogP contribution is -2.15. The van der Waals surface area contributed by atoms with Gasteiger partial charge in [-0.2, -0.15) is 0 Å². The highest BCUT2D eigenvalue weighted by Gasteiger charge is 2.20. The number of anilines is 2. The average Bonchev–Trinajstić information content (AvgIpc) is 3.41. The number of nitrogens with one attached hydrogen (secondary N) is 3. The number of hydrogen-bond donors (Lipinski definition) is 4. The SMILES string of the molecule is COC(=O)Nc1ccc2c(c1)NC(c1cscn1)CCCC[C@H](N)c1nc-2c[nH]1. The van der Waals surface area contributed by atoms with Crippen LogP contribution in [0, 0.1) is 0 Å². The summed E-state index contributed by atoms with van der Waals surface area (Å²) in [6.07, 6.45) is 5.21. The summed E-state index contributed by atoms with van der Waals surface area (Å²) in [5.74, 6) is 0.791. The summed E-state index contributed by atoms with van der Waals surface area (Å²) < 4.78 is 4.71. The maximum absolute atomic E-state index is 11.7. The van der Waals surface area contributed by atoms with E-state index >= 15 is 0 Å². The van der Waals surface area contributed by atoms with Gasteiger partial charge < -0.3 is 20.8 Å². The highest BCUT2D eigenvalue weighted by Crippen LogP contribution is 2.35. The van der Waals surface area contributed by atoms with Gasteiger partial charge in [0.2, 0.25) is 0 Å². The first-order chi connectivity index (χ1) is 14.1. The van der Waals surface area contributed by atoms with Crippen LogP contribution in [0.15, 0.2) is 35.3 Å². The number of rotatable bonds is 2. The summed E-state index contributed by atoms with van der Waals surface area (Å²) in [4.78, 5) is 24.1. The van der Waals surface area contributed by atoms with Gasteiger partial charge in [-0.3, -0.25) is 5.32 Å². The summed E-state index contributed by atoms with van der Waals surface area (Å²) in [7, 11) is 1.34. The fraction of sp³-hybridized carbons (Fsp3) is 0.350. The number of amides is 1. The smallest absolute Gasteiger partial charge is 0.411 e. The van der Waals surface area contributed by atoms with E-state index in [2.05, 4.69) is 26.0 Å². The van der Waals surface area contributed by atoms with E-state index in [-0.39, 0.29) is 12.1 Å². The molecule has 0 saturated carbocycles. The lowest BCUT2D eigenvalue weighted by molar-refractivity contribution is 0.187. The Morgan fingerprint density at radius 2 is 2.21 bits per heavy atom. The molecule has 0 radical (unpaired) electrons. The molecule has 29 heavy (non-hydrogen) atoms. The summed E-state index contributed by atoms with van der Waals surface area (Å²) in [6.45, 7) is 0. The van der Waals surface area contributed by atoms with Crippen molar-refractivity contribution in [2.45, 2.75) is 37.8 Å². The standard InChI is InChI=1S/C20H24N6O2S/c1-28-20(27)24-12-6-7-13-16(8-12)25-15(18-10-29-11-23-18)5-3-2-4-14(21)19-22-9-17(13)26-19/h6-11,14-15,25H,2-5,21H2,1H3,(H,22,26)(H,24,27)/t14-,15?/m0/s1. The van der Waals surface area contributed by atoms with Crippen molar-refractivity contribution in [1.29, 1.82) is 0 Å². The summed E-state index contributed by atoms with van der Waals surface area (Å²) in [5.41, 5.74) is 12.4. The number of imidazole rings is 1. The average molecular weight is 413 g/mol. The second-order valence-corrected chi connectivity index (χ2v) is 7.77. The molecule has 152 valence electrons. The second-order valence-electron chi connectivity index (χ2n) is 7.05. The summed E-state index contributed by atoms with van der Waals surface area (Å²) in [6, 6.07) is 5.60. The van der Waals surface area contributed by atoms with E-state index in [1.807, 2.05) is 29.9 Å². The minimum Gasteiger partial charge on any atom is -0.453 e. The van der Waals surface area contributed by atoms with Gasteiger partial charge >= 0.3 is 6.09 Å². The first kappa shape index (κ1) is 19.4. The van der Waals surface area contributed by atoms with Crippen LogP contribution in [-0.4, -0.2) is 28.2 Å². The Kier molecular flexibility index (Phi) is 5.77. The molecular formula is C20H24N6O2S. The number of nitrogens with zero attached hydrogens (tertiary/aromatic N) is 2. The number of thiazole rings is 1. The molecule has 1 aromatic carbocycles. The van der Waals surface area contributed by atoms with E-state index in [0.717, 1.165) is 54.1 Å². The minimum absolute atomic E-state index is 0.0578. The monoisotopic (exact) mass is 412 g/mol. The third-order valence-electron chi connectivity index (χ3n) is 5.07. The van der Waals surface area contributed by atoms with Crippen LogP contribution in [0.4, 0.5) is 16.2 Å². The quantitative estimate of drug-likeness (QED) is 0.494. The van der Waals surface area contributed by atoms with E-state index in [1.165, 1.54) is 7.11 Å². The van der Waals surface area contributed by atoms with Gasteiger partial charge in [-0.25, -0.2) is 14.8 Å². The molecule has 1 amide bonds. The van der Waals surface area contributed by atoms with E-state index in [9.17, 15) is 4.79 Å². The largest absolute Gasteiger partial charge is 0.453 e. The first-order valence-corrected chi connectivity index (χ1v) is 10.5. The third-order valence-corrected chi connectivity index (χ3v) is 5.68. The zero-order chi connectivity index (χ0) is 20.2. The number of hydrogen-bond acceptors (Lipinski definition) is 7. The lowest BCUT2D eigenvalue weighted by atomic mass is 10.0. The van der Waals surface area contributed by atoms with E-state index in [4.69, 9.17) is 15.5 Å². The van der Waals surface area contributed by atoms with Crippen LogP contribution in [0.1, 0.15) is 49.3 Å². The predicted molar refractivity (Wildman–Crippen MR) is 114 cm³/mol. The molecule has 0 spiro atoms. The van der Waals surface area contributed by atoms with Crippen LogP contribution in [0.3, 0.4) is 0 Å². The molecule has 0 fully saturated rings. The second kappa shape index (κ2) is 8.62. The van der Waals surface area contributed by atoms with Crippen molar-refractivity contribution < 1.29 is 9.53 Å². The molecule has 4 rings (SSSR count). The maximum Gasteiger partial charge on any atom is 0.411 e. The number of aromatic nitrogens is 3. The van der Waals surface area contributed by atoms with Crippen molar-refractivity contribution in [1.82, 2.24) is 15.0 Å². The molecule has 1 aliphatic heterocycles. The number of aromatic amines is 1. The molecule has 2 aromatic heterocycles. The zero-order valence-corrected chi connectivity index (χ0v) is 17.0. The van der Waals surface area contributed by atoms with E-state index in [1.54, 1.807) is 11.3 Å². The van der Waals surface area contributed by atoms with Crippen molar-refractivity contribution in [3.63, 3.8) is 0 Å². The van der Waals surface area contributed by atoms with Gasteiger partial charge in [0.15, 0.2) is 0 Å². The van der Waals surface area contributed by atoms with E-state index < -0.39 is 6.09 Å². The van der Waals surface area contributed by atoms with Crippen LogP contribution in [0.2, 0.25) is 0 Å². The molecule has 1 unspecified atom stereocenters. The van der Waals surface area contributed by atoms with Crippen molar-refractivity contribution in [3.05, 3.63) is 46.8 Å². The van der Waals surface area contributed by atoms with Gasteiger partial charge in [-0.15, -0.1) is 11.3 Å². The molecule has 2 bridgehead atoms. The number of ether oxygens (including phenoxy) is 1. The van der Waals surface area contributed by atoms with Crippen LogP contribution in [0.5, 0.6) is 0 Å². The van der Waals surface area contributed by atoms with Crippen molar-refractivity contribution >= 4 is 28.8 Å². The predicted octanol–water partition coefficient (Wildman–Crippen LogP) is 4.44. The molecule has 3 heterocycles. The Bertz CT molecular complexity index is 971. The van der Waals surface area contributed by atoms with Gasteiger partial charge in [0, 0.05) is 28.5 Å². The first-order valence-electron chi connectivity index (χ1n) is 9.59. The van der Waals surface area contributed by atoms with Crippen LogP contribution < -0.4 is 16.4 Å². The topological polar surface area (TPSA) is 118 Å². The molecular weight excluding hydrogens is 388 g/mol. The molecule has 0 saturated heterocycles. The maximum atomic E-state index is 11.7. The van der Waals surface area contributed by atoms with Gasteiger partial charge in [-0.05, 0) is 31.0 Å². The van der Waals surface area contributed by atoms with Gasteiger partial charge in [-0.1, -0.05) is 12.8 Å². The van der Waals surface area contributed by atoms with E-state index in [0.29, 0.717) is 5.69 Å². The summed E-state index contributed by atoms with van der Waals surface area (Å²) >= 11 is 1.58. The molecule has 0 aliphatic carbocycles. The number of fused-ring (bicyclic) bond motifs is 4. The number of nitrogens with two attached hydrogens (primary N) is 1. The number of carbonyl (C=O) groups is 1. The van der Waals surface area contributed by atoms with Crippen LogP contribution >= 0.6 is 11.3 Å². The highest BCUT2D eigenvalue weighted by molar-refractivity contribution is 7.07. The number of methoxy groups -OCH3 is 1. The molecule has 3 aromatic rings. The fourth-order valence-corrected chi connectivity index (χ4v) is 4.13. The van der Waals surface area contributed by atoms with Crippen molar-refractivity contribution in [2.75, 3.05) is 17.7 Å². The fourth-order valence-electron chi connectivity index (χ4n) is 3.52. The van der Waals surface area contributed by atoms with Crippen LogP contribution in [0.25, 0.3) is 11.3 Å². The van der Waals surface area contributed by atoms with Gasteiger partial charge in [0.25, 0.3) is 0 Å². The Morgan fingerprint density at radius 3 is 3.00 bits per heavy atom. The van der Waals surface area contributed by atoms with Crippen molar-refractivity contribution in [3.8, 4) is 11.3 Å². The zero-order valence-electron chi connectivity index (χ0n) is 16.1. The third kappa shape index (κ3) is 4.41.